The molecule has 0 saturated carbocycles. The first-order chi connectivity index (χ1) is 11.5. The number of rotatable bonds is 7. The molecular weight excluding hydrogens is 368 g/mol. The van der Waals surface area contributed by atoms with Crippen LogP contribution < -0.4 is 5.73 Å². The summed E-state index contributed by atoms with van der Waals surface area (Å²) in [7, 11) is 1.69. The van der Waals surface area contributed by atoms with Gasteiger partial charge in [-0.3, -0.25) is 4.79 Å². The van der Waals surface area contributed by atoms with E-state index < -0.39 is 0 Å². The molecule has 0 spiro atoms. The van der Waals surface area contributed by atoms with Crippen molar-refractivity contribution in [2.45, 2.75) is 51.1 Å². The third-order valence-corrected chi connectivity index (χ3v) is 5.32. The van der Waals surface area contributed by atoms with Gasteiger partial charge in [0.25, 0.3) is 0 Å². The van der Waals surface area contributed by atoms with Gasteiger partial charge in [-0.1, -0.05) is 28.1 Å². The molecule has 3 unspecified atom stereocenters. The van der Waals surface area contributed by atoms with Gasteiger partial charge >= 0.3 is 0 Å². The normalized spacial score (nSPS) is 20.7. The largest absolute Gasteiger partial charge is 0.385 e. The Morgan fingerprint density at radius 2 is 2.25 bits per heavy atom. The fourth-order valence-electron chi connectivity index (χ4n) is 3.53. The van der Waals surface area contributed by atoms with E-state index >= 15 is 0 Å². The summed E-state index contributed by atoms with van der Waals surface area (Å²) >= 11 is 3.51. The Kier molecular flexibility index (Phi) is 7.72. The first-order valence-electron chi connectivity index (χ1n) is 8.82. The molecule has 1 saturated heterocycles. The van der Waals surface area contributed by atoms with Crippen LogP contribution in [-0.4, -0.2) is 43.2 Å². The smallest absolute Gasteiger partial charge is 0.226 e. The molecule has 1 aromatic carbocycles. The number of ether oxygens (including phenoxy) is 1. The number of nitrogens with two attached hydrogens (primary N) is 1. The second-order valence-corrected chi connectivity index (χ2v) is 7.68. The minimum Gasteiger partial charge on any atom is -0.385 e. The first kappa shape index (κ1) is 19.4. The number of piperidine rings is 1. The zero-order valence-corrected chi connectivity index (χ0v) is 16.3. The summed E-state index contributed by atoms with van der Waals surface area (Å²) in [4.78, 5) is 15.2. The number of benzene rings is 1. The fraction of sp³-hybridized carbons (Fsp3) is 0.632. The average Bonchev–Trinajstić information content (AvgIpc) is 2.58. The SMILES string of the molecule is COCCC(Cc1cccc(Br)c1)C(=O)N1CCCCC1C(C)N. The monoisotopic (exact) mass is 396 g/mol. The van der Waals surface area contributed by atoms with E-state index in [0.717, 1.165) is 43.1 Å². The lowest BCUT2D eigenvalue weighted by Gasteiger charge is -2.40. The lowest BCUT2D eigenvalue weighted by atomic mass is 9.91. The quantitative estimate of drug-likeness (QED) is 0.768. The van der Waals surface area contributed by atoms with Crippen molar-refractivity contribution in [2.24, 2.45) is 11.7 Å². The Labute approximate surface area is 153 Å². The van der Waals surface area contributed by atoms with Gasteiger partial charge in [0.2, 0.25) is 5.91 Å². The Bertz CT molecular complexity index is 536. The Balaban J connectivity index is 2.14. The van der Waals surface area contributed by atoms with Gasteiger partial charge in [-0.15, -0.1) is 0 Å². The van der Waals surface area contributed by atoms with E-state index in [1.165, 1.54) is 5.56 Å². The molecule has 0 bridgehead atoms. The minimum atomic E-state index is -0.0569. The maximum absolute atomic E-state index is 13.2. The number of amides is 1. The molecule has 1 fully saturated rings. The van der Waals surface area contributed by atoms with Gasteiger partial charge in [-0.05, 0) is 56.7 Å². The summed E-state index contributed by atoms with van der Waals surface area (Å²) in [5, 5.41) is 0. The van der Waals surface area contributed by atoms with Crippen LogP contribution in [0, 0.1) is 5.92 Å². The van der Waals surface area contributed by atoms with Crippen LogP contribution in [0.15, 0.2) is 28.7 Å². The van der Waals surface area contributed by atoms with Gasteiger partial charge < -0.3 is 15.4 Å². The topological polar surface area (TPSA) is 55.6 Å². The van der Waals surface area contributed by atoms with E-state index in [2.05, 4.69) is 28.1 Å². The number of carbonyl (C=O) groups excluding carboxylic acids is 1. The molecule has 0 aromatic heterocycles. The summed E-state index contributed by atoms with van der Waals surface area (Å²) in [6.07, 6.45) is 4.72. The van der Waals surface area contributed by atoms with Crippen LogP contribution in [-0.2, 0) is 16.0 Å². The second kappa shape index (κ2) is 9.54. The van der Waals surface area contributed by atoms with Crippen molar-refractivity contribution in [2.75, 3.05) is 20.3 Å². The van der Waals surface area contributed by atoms with Crippen LogP contribution in [0.2, 0.25) is 0 Å². The van der Waals surface area contributed by atoms with Crippen molar-refractivity contribution in [3.63, 3.8) is 0 Å². The lowest BCUT2D eigenvalue weighted by molar-refractivity contribution is -0.140. The highest BCUT2D eigenvalue weighted by Gasteiger charge is 2.33. The van der Waals surface area contributed by atoms with Crippen molar-refractivity contribution in [1.82, 2.24) is 4.90 Å². The molecule has 1 aliphatic rings. The van der Waals surface area contributed by atoms with Gasteiger partial charge in [0.05, 0.1) is 0 Å². The van der Waals surface area contributed by atoms with Crippen LogP contribution in [0.1, 0.15) is 38.2 Å². The van der Waals surface area contributed by atoms with Gasteiger partial charge in [-0.25, -0.2) is 0 Å². The van der Waals surface area contributed by atoms with Crippen molar-refractivity contribution in [3.8, 4) is 0 Å². The Morgan fingerprint density at radius 1 is 1.46 bits per heavy atom. The molecule has 1 amide bonds. The first-order valence-corrected chi connectivity index (χ1v) is 9.61. The van der Waals surface area contributed by atoms with Crippen LogP contribution in [0.4, 0.5) is 0 Å². The molecule has 2 N–H and O–H groups in total. The van der Waals surface area contributed by atoms with Crippen LogP contribution in [0.25, 0.3) is 0 Å². The van der Waals surface area contributed by atoms with Gasteiger partial charge in [-0.2, -0.15) is 0 Å². The van der Waals surface area contributed by atoms with Crippen LogP contribution in [0.5, 0.6) is 0 Å². The number of likely N-dealkylation sites (tertiary alicyclic amines) is 1. The maximum Gasteiger partial charge on any atom is 0.226 e. The summed E-state index contributed by atoms with van der Waals surface area (Å²) in [6, 6.07) is 8.38. The van der Waals surface area contributed by atoms with Gasteiger partial charge in [0.15, 0.2) is 0 Å². The standard InChI is InChI=1S/C19H29BrN2O2/c1-14(21)18-8-3-4-10-22(18)19(23)16(9-11-24-2)12-15-6-5-7-17(20)13-15/h5-7,13-14,16,18H,3-4,8-12,21H2,1-2H3. The van der Waals surface area contributed by atoms with E-state index in [9.17, 15) is 4.79 Å². The van der Waals surface area contributed by atoms with Gasteiger partial charge in [0, 0.05) is 42.7 Å². The second-order valence-electron chi connectivity index (χ2n) is 6.77. The van der Waals surface area contributed by atoms with Crippen LogP contribution >= 0.6 is 15.9 Å². The van der Waals surface area contributed by atoms with Crippen LogP contribution in [0.3, 0.4) is 0 Å². The molecule has 1 aliphatic heterocycles. The molecule has 4 nitrogen and oxygen atoms in total. The number of methoxy groups -OCH3 is 1. The van der Waals surface area contributed by atoms with E-state index in [4.69, 9.17) is 10.5 Å². The molecule has 134 valence electrons. The number of hydrogen-bond donors (Lipinski definition) is 1. The zero-order valence-electron chi connectivity index (χ0n) is 14.7. The highest BCUT2D eigenvalue weighted by Crippen LogP contribution is 2.25. The minimum absolute atomic E-state index is 0.0168. The summed E-state index contributed by atoms with van der Waals surface area (Å²) in [5.41, 5.74) is 7.32. The molecule has 1 aromatic rings. The summed E-state index contributed by atoms with van der Waals surface area (Å²) in [6.45, 7) is 3.43. The molecule has 0 radical (unpaired) electrons. The molecule has 24 heavy (non-hydrogen) atoms. The maximum atomic E-state index is 13.2. The van der Waals surface area contributed by atoms with Gasteiger partial charge in [0.1, 0.15) is 0 Å². The predicted octanol–water partition coefficient (Wildman–Crippen LogP) is 3.37. The molecule has 5 heteroatoms. The Morgan fingerprint density at radius 3 is 2.92 bits per heavy atom. The highest BCUT2D eigenvalue weighted by molar-refractivity contribution is 9.10. The third kappa shape index (κ3) is 5.30. The van der Waals surface area contributed by atoms with E-state index in [1.807, 2.05) is 24.0 Å². The highest BCUT2D eigenvalue weighted by atomic mass is 79.9. The number of halogens is 1. The number of carbonyl (C=O) groups is 1. The van der Waals surface area contributed by atoms with Crippen molar-refractivity contribution in [3.05, 3.63) is 34.3 Å². The Hall–Kier alpha value is -0.910. The molecule has 2 rings (SSSR count). The fourth-order valence-corrected chi connectivity index (χ4v) is 3.98. The zero-order chi connectivity index (χ0) is 17.5. The molecular formula is C19H29BrN2O2. The van der Waals surface area contributed by atoms with Crippen molar-refractivity contribution in [1.29, 1.82) is 0 Å². The summed E-state index contributed by atoms with van der Waals surface area (Å²) < 4.78 is 6.29. The van der Waals surface area contributed by atoms with E-state index in [1.54, 1.807) is 7.11 Å². The van der Waals surface area contributed by atoms with E-state index in [0.29, 0.717) is 6.61 Å². The molecule has 3 atom stereocenters. The van der Waals surface area contributed by atoms with E-state index in [-0.39, 0.29) is 23.9 Å². The summed E-state index contributed by atoms with van der Waals surface area (Å²) in [5.74, 6) is 0.174. The molecule has 0 aliphatic carbocycles. The molecule has 1 heterocycles. The number of nitrogens with zero attached hydrogens (tertiary/aromatic N) is 1. The average molecular weight is 397 g/mol. The predicted molar refractivity (Wildman–Crippen MR) is 101 cm³/mol. The lowest BCUT2D eigenvalue weighted by Crippen LogP contribution is -2.53. The number of hydrogen-bond acceptors (Lipinski definition) is 3. The van der Waals surface area contributed by atoms with Crippen molar-refractivity contribution < 1.29 is 9.53 Å². The van der Waals surface area contributed by atoms with Crippen molar-refractivity contribution >= 4 is 21.8 Å². The third-order valence-electron chi connectivity index (χ3n) is 4.83.